The number of aromatic nitrogens is 1. The molecule has 2 rings (SSSR count). The lowest BCUT2D eigenvalue weighted by Gasteiger charge is -2.12. The van der Waals surface area contributed by atoms with Crippen LogP contribution in [-0.4, -0.2) is 11.3 Å². The van der Waals surface area contributed by atoms with Crippen molar-refractivity contribution in [2.24, 2.45) is 0 Å². The average molecular weight is 276 g/mol. The smallest absolute Gasteiger partial charge is 0.156 e. The number of para-hydroxylation sites is 1. The molecular formula is C15H14ClNO2. The lowest BCUT2D eigenvalue weighted by Crippen LogP contribution is -1.98. The Morgan fingerprint density at radius 3 is 2.79 bits per heavy atom. The van der Waals surface area contributed by atoms with E-state index in [4.69, 9.17) is 16.3 Å². The molecule has 0 bridgehead atoms. The minimum atomic E-state index is 0.375. The molecule has 1 aromatic carbocycles. The van der Waals surface area contributed by atoms with Crippen LogP contribution in [0, 0.1) is 6.92 Å². The van der Waals surface area contributed by atoms with Crippen LogP contribution < -0.4 is 4.74 Å². The molecule has 0 atom stereocenters. The molecule has 0 saturated heterocycles. The van der Waals surface area contributed by atoms with Crippen LogP contribution in [-0.2, 0) is 6.42 Å². The fraction of sp³-hybridized carbons (Fsp3) is 0.200. The molecule has 2 aromatic rings. The van der Waals surface area contributed by atoms with Gasteiger partial charge >= 0.3 is 0 Å². The van der Waals surface area contributed by atoms with Gasteiger partial charge in [0.15, 0.2) is 12.0 Å². The van der Waals surface area contributed by atoms with Crippen molar-refractivity contribution in [1.82, 2.24) is 4.98 Å². The number of rotatable bonds is 4. The Bertz CT molecular complexity index is 611. The maximum Gasteiger partial charge on any atom is 0.156 e. The SMILES string of the molecule is CCc1nc(C)ccc1Oc1c(Cl)cccc1C=O. The molecule has 0 amide bonds. The van der Waals surface area contributed by atoms with Gasteiger partial charge in [-0.15, -0.1) is 0 Å². The predicted molar refractivity (Wildman–Crippen MR) is 75.3 cm³/mol. The molecule has 4 heteroatoms. The first-order valence-electron chi connectivity index (χ1n) is 6.03. The molecule has 0 saturated carbocycles. The number of aldehydes is 1. The van der Waals surface area contributed by atoms with E-state index >= 15 is 0 Å². The van der Waals surface area contributed by atoms with E-state index in [0.29, 0.717) is 22.1 Å². The Morgan fingerprint density at radius 1 is 1.32 bits per heavy atom. The topological polar surface area (TPSA) is 39.2 Å². The third-order valence-corrected chi connectivity index (χ3v) is 3.04. The quantitative estimate of drug-likeness (QED) is 0.785. The van der Waals surface area contributed by atoms with Crippen molar-refractivity contribution in [2.75, 3.05) is 0 Å². The zero-order valence-electron chi connectivity index (χ0n) is 10.8. The summed E-state index contributed by atoms with van der Waals surface area (Å²) in [5.74, 6) is 1.00. The highest BCUT2D eigenvalue weighted by atomic mass is 35.5. The zero-order valence-corrected chi connectivity index (χ0v) is 11.6. The second-order valence-electron chi connectivity index (χ2n) is 4.13. The molecule has 0 fully saturated rings. The number of pyridine rings is 1. The van der Waals surface area contributed by atoms with Crippen LogP contribution in [0.4, 0.5) is 0 Å². The van der Waals surface area contributed by atoms with Crippen molar-refractivity contribution in [3.8, 4) is 11.5 Å². The molecule has 1 heterocycles. The first kappa shape index (κ1) is 13.6. The maximum atomic E-state index is 11.0. The fourth-order valence-electron chi connectivity index (χ4n) is 1.78. The minimum absolute atomic E-state index is 0.375. The number of carbonyl (C=O) groups excluding carboxylic acids is 1. The largest absolute Gasteiger partial charge is 0.453 e. The van der Waals surface area contributed by atoms with Crippen LogP contribution in [0.5, 0.6) is 11.5 Å². The van der Waals surface area contributed by atoms with Crippen molar-refractivity contribution >= 4 is 17.9 Å². The van der Waals surface area contributed by atoms with Gasteiger partial charge in [0.1, 0.15) is 5.75 Å². The van der Waals surface area contributed by atoms with E-state index in [-0.39, 0.29) is 0 Å². The Morgan fingerprint density at radius 2 is 2.11 bits per heavy atom. The number of benzene rings is 1. The Hall–Kier alpha value is -1.87. The molecule has 3 nitrogen and oxygen atoms in total. The average Bonchev–Trinajstić information content (AvgIpc) is 2.42. The highest BCUT2D eigenvalue weighted by molar-refractivity contribution is 6.32. The second-order valence-corrected chi connectivity index (χ2v) is 4.54. The van der Waals surface area contributed by atoms with Crippen molar-refractivity contribution < 1.29 is 9.53 Å². The third kappa shape index (κ3) is 2.93. The van der Waals surface area contributed by atoms with E-state index < -0.39 is 0 Å². The first-order chi connectivity index (χ1) is 9.15. The number of ether oxygens (including phenoxy) is 1. The Balaban J connectivity index is 2.44. The van der Waals surface area contributed by atoms with Gasteiger partial charge in [-0.1, -0.05) is 24.6 Å². The van der Waals surface area contributed by atoms with Crippen LogP contribution in [0.25, 0.3) is 0 Å². The Kier molecular flexibility index (Phi) is 4.17. The highest BCUT2D eigenvalue weighted by Crippen LogP contribution is 2.33. The molecule has 0 N–H and O–H groups in total. The van der Waals surface area contributed by atoms with Crippen molar-refractivity contribution in [3.63, 3.8) is 0 Å². The number of carbonyl (C=O) groups is 1. The van der Waals surface area contributed by atoms with Crippen LogP contribution in [0.15, 0.2) is 30.3 Å². The highest BCUT2D eigenvalue weighted by Gasteiger charge is 2.12. The van der Waals surface area contributed by atoms with E-state index in [1.807, 2.05) is 26.0 Å². The molecule has 0 aliphatic carbocycles. The van der Waals surface area contributed by atoms with Crippen LogP contribution in [0.1, 0.15) is 28.7 Å². The molecule has 0 aliphatic heterocycles. The number of aryl methyl sites for hydroxylation is 2. The molecule has 0 aliphatic rings. The molecule has 1 aromatic heterocycles. The monoisotopic (exact) mass is 275 g/mol. The molecular weight excluding hydrogens is 262 g/mol. The summed E-state index contributed by atoms with van der Waals surface area (Å²) in [6.07, 6.45) is 1.48. The van der Waals surface area contributed by atoms with Gasteiger partial charge in [-0.25, -0.2) is 0 Å². The van der Waals surface area contributed by atoms with Gasteiger partial charge in [0.25, 0.3) is 0 Å². The standard InChI is InChI=1S/C15H14ClNO2/c1-3-13-14(8-7-10(2)17-13)19-15-11(9-18)5-4-6-12(15)16/h4-9H,3H2,1-2H3. The number of hydrogen-bond donors (Lipinski definition) is 0. The van der Waals surface area contributed by atoms with Gasteiger partial charge in [0.05, 0.1) is 16.3 Å². The molecule has 0 spiro atoms. The molecule has 98 valence electrons. The van der Waals surface area contributed by atoms with Crippen molar-refractivity contribution in [3.05, 3.63) is 52.3 Å². The Labute approximate surface area is 117 Å². The summed E-state index contributed by atoms with van der Waals surface area (Å²) in [6, 6.07) is 8.79. The van der Waals surface area contributed by atoms with Gasteiger partial charge in [-0.2, -0.15) is 0 Å². The summed E-state index contributed by atoms with van der Waals surface area (Å²) >= 11 is 6.08. The van der Waals surface area contributed by atoms with E-state index in [9.17, 15) is 4.79 Å². The zero-order chi connectivity index (χ0) is 13.8. The third-order valence-electron chi connectivity index (χ3n) is 2.74. The van der Waals surface area contributed by atoms with E-state index in [1.165, 1.54) is 0 Å². The summed E-state index contributed by atoms with van der Waals surface area (Å²) in [5.41, 5.74) is 2.20. The lowest BCUT2D eigenvalue weighted by molar-refractivity contribution is 0.112. The van der Waals surface area contributed by atoms with E-state index in [1.54, 1.807) is 18.2 Å². The van der Waals surface area contributed by atoms with Crippen molar-refractivity contribution in [2.45, 2.75) is 20.3 Å². The molecule has 19 heavy (non-hydrogen) atoms. The van der Waals surface area contributed by atoms with Crippen LogP contribution in [0.3, 0.4) is 0 Å². The number of hydrogen-bond acceptors (Lipinski definition) is 3. The molecule has 0 unspecified atom stereocenters. The van der Waals surface area contributed by atoms with Crippen molar-refractivity contribution in [1.29, 1.82) is 0 Å². The maximum absolute atomic E-state index is 11.0. The summed E-state index contributed by atoms with van der Waals surface area (Å²) in [5, 5.41) is 0.409. The first-order valence-corrected chi connectivity index (χ1v) is 6.41. The van der Waals surface area contributed by atoms with Gasteiger partial charge in [-0.3, -0.25) is 9.78 Å². The summed E-state index contributed by atoms with van der Waals surface area (Å²) < 4.78 is 5.78. The van der Waals surface area contributed by atoms with E-state index in [0.717, 1.165) is 24.1 Å². The summed E-state index contributed by atoms with van der Waals surface area (Å²) in [4.78, 5) is 15.4. The van der Waals surface area contributed by atoms with Crippen LogP contribution >= 0.6 is 11.6 Å². The van der Waals surface area contributed by atoms with Crippen LogP contribution in [0.2, 0.25) is 5.02 Å². The number of nitrogens with zero attached hydrogens (tertiary/aromatic N) is 1. The van der Waals surface area contributed by atoms with Gasteiger partial charge in [-0.05, 0) is 37.6 Å². The number of halogens is 1. The van der Waals surface area contributed by atoms with Gasteiger partial charge in [0.2, 0.25) is 0 Å². The molecule has 0 radical (unpaired) electrons. The second kappa shape index (κ2) is 5.85. The summed E-state index contributed by atoms with van der Waals surface area (Å²) in [7, 11) is 0. The normalized spacial score (nSPS) is 10.3. The van der Waals surface area contributed by atoms with Gasteiger partial charge < -0.3 is 4.74 Å². The fourth-order valence-corrected chi connectivity index (χ4v) is 2.00. The lowest BCUT2D eigenvalue weighted by atomic mass is 10.2. The predicted octanol–water partition coefficient (Wildman–Crippen LogP) is 4.21. The van der Waals surface area contributed by atoms with Gasteiger partial charge in [0, 0.05) is 5.69 Å². The summed E-state index contributed by atoms with van der Waals surface area (Å²) in [6.45, 7) is 3.93. The minimum Gasteiger partial charge on any atom is -0.453 e. The van der Waals surface area contributed by atoms with E-state index in [2.05, 4.69) is 4.98 Å².